The van der Waals surface area contributed by atoms with E-state index in [0.717, 1.165) is 12.8 Å². The fraction of sp³-hybridized carbons (Fsp3) is 0.857. The molecule has 0 radical (unpaired) electrons. The number of carbonyl (C=O) groups excluding carboxylic acids is 1. The molecule has 1 saturated heterocycles. The number of carboxylic acid groups (broad SMARTS) is 1. The molecule has 0 aromatic heterocycles. The SMILES string of the molecule is CC(C)(C)OC(=O)N(CC1CC1)[C@@H]1CCN(C(=O)O)C1. The Labute approximate surface area is 119 Å². The predicted octanol–water partition coefficient (Wildman–Crippen LogP) is 2.39. The van der Waals surface area contributed by atoms with Crippen LogP contribution in [-0.4, -0.2) is 58.4 Å². The lowest BCUT2D eigenvalue weighted by Gasteiger charge is -2.31. The van der Waals surface area contributed by atoms with Gasteiger partial charge < -0.3 is 19.6 Å². The first-order chi connectivity index (χ1) is 9.26. The van der Waals surface area contributed by atoms with Crippen LogP contribution >= 0.6 is 0 Å². The monoisotopic (exact) mass is 284 g/mol. The van der Waals surface area contributed by atoms with Crippen molar-refractivity contribution >= 4 is 12.2 Å². The molecule has 2 amide bonds. The maximum Gasteiger partial charge on any atom is 0.410 e. The van der Waals surface area contributed by atoms with E-state index in [2.05, 4.69) is 0 Å². The number of ether oxygens (including phenoxy) is 1. The van der Waals surface area contributed by atoms with Crippen LogP contribution in [0, 0.1) is 5.92 Å². The molecule has 1 heterocycles. The summed E-state index contributed by atoms with van der Waals surface area (Å²) in [6, 6.07) is -0.0541. The summed E-state index contributed by atoms with van der Waals surface area (Å²) in [6.07, 6.45) is 1.76. The molecule has 1 N–H and O–H groups in total. The Morgan fingerprint density at radius 3 is 2.40 bits per heavy atom. The summed E-state index contributed by atoms with van der Waals surface area (Å²) < 4.78 is 5.46. The second-order valence-electron chi connectivity index (χ2n) is 6.75. The van der Waals surface area contributed by atoms with Crippen LogP contribution in [0.4, 0.5) is 9.59 Å². The highest BCUT2D eigenvalue weighted by atomic mass is 16.6. The van der Waals surface area contributed by atoms with Crippen molar-refractivity contribution in [2.75, 3.05) is 19.6 Å². The van der Waals surface area contributed by atoms with Gasteiger partial charge in [-0.1, -0.05) is 0 Å². The van der Waals surface area contributed by atoms with Crippen LogP contribution in [0.3, 0.4) is 0 Å². The first-order valence-corrected chi connectivity index (χ1v) is 7.24. The summed E-state index contributed by atoms with van der Waals surface area (Å²) in [5.41, 5.74) is -0.524. The fourth-order valence-electron chi connectivity index (χ4n) is 2.44. The van der Waals surface area contributed by atoms with Gasteiger partial charge >= 0.3 is 12.2 Å². The van der Waals surface area contributed by atoms with Crippen molar-refractivity contribution in [3.05, 3.63) is 0 Å². The van der Waals surface area contributed by atoms with Crippen molar-refractivity contribution in [2.24, 2.45) is 5.92 Å². The third-order valence-electron chi connectivity index (χ3n) is 3.65. The number of amides is 2. The van der Waals surface area contributed by atoms with Crippen molar-refractivity contribution in [1.29, 1.82) is 0 Å². The Morgan fingerprint density at radius 2 is 1.95 bits per heavy atom. The summed E-state index contributed by atoms with van der Waals surface area (Å²) in [7, 11) is 0. The summed E-state index contributed by atoms with van der Waals surface area (Å²) in [5.74, 6) is 0.557. The minimum absolute atomic E-state index is 0.0541. The average Bonchev–Trinajstić information content (AvgIpc) is 2.98. The van der Waals surface area contributed by atoms with E-state index in [4.69, 9.17) is 9.84 Å². The molecule has 6 heteroatoms. The van der Waals surface area contributed by atoms with Gasteiger partial charge in [-0.2, -0.15) is 0 Å². The molecular weight excluding hydrogens is 260 g/mol. The third kappa shape index (κ3) is 4.02. The average molecular weight is 284 g/mol. The maximum absolute atomic E-state index is 12.3. The number of nitrogens with zero attached hydrogens (tertiary/aromatic N) is 2. The molecule has 0 aromatic carbocycles. The molecule has 0 spiro atoms. The second-order valence-corrected chi connectivity index (χ2v) is 6.75. The second kappa shape index (κ2) is 5.50. The van der Waals surface area contributed by atoms with Gasteiger partial charge in [0.15, 0.2) is 0 Å². The quantitative estimate of drug-likeness (QED) is 0.864. The van der Waals surface area contributed by atoms with Gasteiger partial charge in [0.1, 0.15) is 5.60 Å². The highest BCUT2D eigenvalue weighted by Gasteiger charge is 2.37. The van der Waals surface area contributed by atoms with Crippen molar-refractivity contribution in [3.63, 3.8) is 0 Å². The normalized spacial score (nSPS) is 22.8. The maximum atomic E-state index is 12.3. The lowest BCUT2D eigenvalue weighted by molar-refractivity contribution is 0.0156. The van der Waals surface area contributed by atoms with Crippen LogP contribution in [0.5, 0.6) is 0 Å². The summed E-state index contributed by atoms with van der Waals surface area (Å²) in [6.45, 7) is 7.10. The first-order valence-electron chi connectivity index (χ1n) is 7.24. The lowest BCUT2D eigenvalue weighted by atomic mass is 10.2. The predicted molar refractivity (Wildman–Crippen MR) is 73.7 cm³/mol. The smallest absolute Gasteiger partial charge is 0.410 e. The van der Waals surface area contributed by atoms with Crippen molar-refractivity contribution in [3.8, 4) is 0 Å². The Hall–Kier alpha value is -1.46. The zero-order valence-corrected chi connectivity index (χ0v) is 12.5. The highest BCUT2D eigenvalue weighted by Crippen LogP contribution is 2.32. The molecule has 20 heavy (non-hydrogen) atoms. The van der Waals surface area contributed by atoms with Crippen molar-refractivity contribution in [1.82, 2.24) is 9.80 Å². The van der Waals surface area contributed by atoms with Crippen molar-refractivity contribution in [2.45, 2.75) is 51.7 Å². The molecule has 1 atom stereocenters. The van der Waals surface area contributed by atoms with Crippen LogP contribution < -0.4 is 0 Å². The standard InChI is InChI=1S/C14H24N2O4/c1-14(2,3)20-13(19)16(8-10-4-5-10)11-6-7-15(9-11)12(17)18/h10-11H,4-9H2,1-3H3,(H,17,18)/t11-/m1/s1. The van der Waals surface area contributed by atoms with E-state index in [1.807, 2.05) is 20.8 Å². The molecule has 0 bridgehead atoms. The molecular formula is C14H24N2O4. The molecule has 6 nitrogen and oxygen atoms in total. The first kappa shape index (κ1) is 14.9. The molecule has 114 valence electrons. The highest BCUT2D eigenvalue weighted by molar-refractivity contribution is 5.69. The molecule has 1 aliphatic heterocycles. The lowest BCUT2D eigenvalue weighted by Crippen LogP contribution is -2.46. The molecule has 2 fully saturated rings. The minimum atomic E-state index is -0.914. The van der Waals surface area contributed by atoms with Crippen LogP contribution in [0.2, 0.25) is 0 Å². The largest absolute Gasteiger partial charge is 0.465 e. The van der Waals surface area contributed by atoms with Gasteiger partial charge in [0, 0.05) is 19.6 Å². The summed E-state index contributed by atoms with van der Waals surface area (Å²) in [5, 5.41) is 9.02. The van der Waals surface area contributed by atoms with Gasteiger partial charge in [0.25, 0.3) is 0 Å². The fourth-order valence-corrected chi connectivity index (χ4v) is 2.44. The van der Waals surface area contributed by atoms with Gasteiger partial charge in [-0.05, 0) is 46.0 Å². The number of hydrogen-bond donors (Lipinski definition) is 1. The van der Waals surface area contributed by atoms with Crippen LogP contribution in [0.25, 0.3) is 0 Å². The molecule has 0 unspecified atom stereocenters. The van der Waals surface area contributed by atoms with Crippen LogP contribution in [0.15, 0.2) is 0 Å². The zero-order valence-electron chi connectivity index (χ0n) is 12.5. The van der Waals surface area contributed by atoms with E-state index >= 15 is 0 Å². The third-order valence-corrected chi connectivity index (χ3v) is 3.65. The van der Waals surface area contributed by atoms with Gasteiger partial charge in [0.2, 0.25) is 0 Å². The van der Waals surface area contributed by atoms with E-state index in [0.29, 0.717) is 32.0 Å². The molecule has 2 aliphatic rings. The Balaban J connectivity index is 2.00. The van der Waals surface area contributed by atoms with E-state index in [-0.39, 0.29) is 12.1 Å². The van der Waals surface area contributed by atoms with Crippen LogP contribution in [-0.2, 0) is 4.74 Å². The van der Waals surface area contributed by atoms with E-state index in [9.17, 15) is 9.59 Å². The van der Waals surface area contributed by atoms with E-state index < -0.39 is 11.7 Å². The van der Waals surface area contributed by atoms with E-state index in [1.165, 1.54) is 4.90 Å². The molecule has 0 aromatic rings. The topological polar surface area (TPSA) is 70.1 Å². The zero-order chi connectivity index (χ0) is 14.9. The molecule has 1 saturated carbocycles. The van der Waals surface area contributed by atoms with Crippen LogP contribution in [0.1, 0.15) is 40.0 Å². The summed E-state index contributed by atoms with van der Waals surface area (Å²) >= 11 is 0. The number of carbonyl (C=O) groups is 2. The van der Waals surface area contributed by atoms with Gasteiger partial charge in [0.05, 0.1) is 6.04 Å². The van der Waals surface area contributed by atoms with Gasteiger partial charge in [-0.25, -0.2) is 9.59 Å². The number of hydrogen-bond acceptors (Lipinski definition) is 3. The van der Waals surface area contributed by atoms with Gasteiger partial charge in [-0.15, -0.1) is 0 Å². The Morgan fingerprint density at radius 1 is 1.30 bits per heavy atom. The van der Waals surface area contributed by atoms with Crippen molar-refractivity contribution < 1.29 is 19.4 Å². The summed E-state index contributed by atoms with van der Waals surface area (Å²) in [4.78, 5) is 26.4. The van der Waals surface area contributed by atoms with E-state index in [1.54, 1.807) is 4.90 Å². The number of rotatable bonds is 3. The molecule has 2 rings (SSSR count). The number of likely N-dealkylation sites (tertiary alicyclic amines) is 1. The molecule has 1 aliphatic carbocycles. The Bertz CT molecular complexity index is 387. The van der Waals surface area contributed by atoms with Gasteiger partial charge in [-0.3, -0.25) is 0 Å². The minimum Gasteiger partial charge on any atom is -0.465 e. The Kier molecular flexibility index (Phi) is 4.11.